The number of hydrogen-bond acceptors (Lipinski definition) is 4. The van der Waals surface area contributed by atoms with Crippen molar-refractivity contribution in [3.8, 4) is 0 Å². The van der Waals surface area contributed by atoms with E-state index in [2.05, 4.69) is 20.8 Å². The molecule has 0 spiro atoms. The van der Waals surface area contributed by atoms with Crippen LogP contribution >= 0.6 is 0 Å². The van der Waals surface area contributed by atoms with E-state index in [0.29, 0.717) is 44.0 Å². The van der Waals surface area contributed by atoms with E-state index in [1.807, 2.05) is 66.3 Å². The Hall–Kier alpha value is -3.32. The molecule has 7 heteroatoms. The van der Waals surface area contributed by atoms with E-state index in [1.165, 1.54) is 0 Å². The fraction of sp³-hybridized carbons (Fsp3) is 0.429. The molecule has 2 amide bonds. The molecular weight excluding hydrogens is 442 g/mol. The molecule has 0 unspecified atom stereocenters. The molecule has 0 aliphatic carbocycles. The van der Waals surface area contributed by atoms with Gasteiger partial charge in [0.05, 0.1) is 19.4 Å². The van der Waals surface area contributed by atoms with Gasteiger partial charge in [0.15, 0.2) is 0 Å². The van der Waals surface area contributed by atoms with Gasteiger partial charge in [-0.1, -0.05) is 32.9 Å². The summed E-state index contributed by atoms with van der Waals surface area (Å²) in [5.74, 6) is 0.397. The maximum Gasteiger partial charge on any atom is 0.254 e. The molecule has 0 fully saturated rings. The standard InChI is InChI=1S/C28H37N3O4/c1-28(2,3)23-13-11-22(12-14-23)27(33)30(16-8-17-34-5)21-26(32)31(20-25-10-7-18-35-25)19-24-9-6-15-29(24)4/h6-7,9-15,18H,8,16-17,19-21H2,1-5H3. The number of furan rings is 1. The zero-order valence-electron chi connectivity index (χ0n) is 21.5. The summed E-state index contributed by atoms with van der Waals surface area (Å²) >= 11 is 0. The lowest BCUT2D eigenvalue weighted by Crippen LogP contribution is -2.43. The van der Waals surface area contributed by atoms with Gasteiger partial charge in [0.25, 0.3) is 5.91 Å². The summed E-state index contributed by atoms with van der Waals surface area (Å²) in [4.78, 5) is 30.3. The molecule has 0 aliphatic rings. The van der Waals surface area contributed by atoms with Crippen LogP contribution in [-0.2, 0) is 35.1 Å². The van der Waals surface area contributed by atoms with Crippen LogP contribution in [0.25, 0.3) is 0 Å². The minimum Gasteiger partial charge on any atom is -0.467 e. The number of aryl methyl sites for hydroxylation is 1. The van der Waals surface area contributed by atoms with Crippen LogP contribution < -0.4 is 0 Å². The number of rotatable bonds is 11. The molecule has 0 aliphatic heterocycles. The number of nitrogens with zero attached hydrogens (tertiary/aromatic N) is 3. The maximum absolute atomic E-state index is 13.5. The molecular formula is C28H37N3O4. The van der Waals surface area contributed by atoms with Gasteiger partial charge in [-0.3, -0.25) is 9.59 Å². The van der Waals surface area contributed by atoms with Gasteiger partial charge >= 0.3 is 0 Å². The Bertz CT molecular complexity index is 1080. The van der Waals surface area contributed by atoms with Crippen molar-refractivity contribution in [3.05, 3.63) is 83.6 Å². The molecule has 2 heterocycles. The molecule has 2 aromatic heterocycles. The lowest BCUT2D eigenvalue weighted by atomic mass is 9.86. The van der Waals surface area contributed by atoms with Gasteiger partial charge in [0.1, 0.15) is 12.3 Å². The van der Waals surface area contributed by atoms with Crippen LogP contribution in [0.3, 0.4) is 0 Å². The Morgan fingerprint density at radius 1 is 1.00 bits per heavy atom. The second-order valence-electron chi connectivity index (χ2n) is 9.84. The van der Waals surface area contributed by atoms with E-state index >= 15 is 0 Å². The lowest BCUT2D eigenvalue weighted by molar-refractivity contribution is -0.133. The highest BCUT2D eigenvalue weighted by atomic mass is 16.5. The quantitative estimate of drug-likeness (QED) is 0.376. The Morgan fingerprint density at radius 2 is 1.74 bits per heavy atom. The summed E-state index contributed by atoms with van der Waals surface area (Å²) in [6.45, 7) is 8.09. The average molecular weight is 480 g/mol. The van der Waals surface area contributed by atoms with Gasteiger partial charge in [0.2, 0.25) is 5.91 Å². The molecule has 7 nitrogen and oxygen atoms in total. The van der Waals surface area contributed by atoms with Crippen molar-refractivity contribution in [2.24, 2.45) is 7.05 Å². The number of aromatic nitrogens is 1. The van der Waals surface area contributed by atoms with Crippen molar-refractivity contribution in [1.29, 1.82) is 0 Å². The molecule has 3 aromatic rings. The molecule has 0 bridgehead atoms. The molecule has 0 radical (unpaired) electrons. The molecule has 188 valence electrons. The first-order valence-corrected chi connectivity index (χ1v) is 12.0. The summed E-state index contributed by atoms with van der Waals surface area (Å²) in [5, 5.41) is 0. The third kappa shape index (κ3) is 7.33. The van der Waals surface area contributed by atoms with Crippen molar-refractivity contribution < 1.29 is 18.7 Å². The zero-order chi connectivity index (χ0) is 25.4. The average Bonchev–Trinajstić information content (AvgIpc) is 3.49. The van der Waals surface area contributed by atoms with Gasteiger partial charge in [-0.2, -0.15) is 0 Å². The van der Waals surface area contributed by atoms with E-state index < -0.39 is 0 Å². The SMILES string of the molecule is COCCCN(CC(=O)N(Cc1ccco1)Cc1cccn1C)C(=O)c1ccc(C(C)(C)C)cc1. The molecule has 35 heavy (non-hydrogen) atoms. The van der Waals surface area contributed by atoms with Crippen LogP contribution in [0.15, 0.2) is 65.4 Å². The van der Waals surface area contributed by atoms with E-state index in [0.717, 1.165) is 11.3 Å². The predicted octanol–water partition coefficient (Wildman–Crippen LogP) is 4.62. The fourth-order valence-corrected chi connectivity index (χ4v) is 3.89. The van der Waals surface area contributed by atoms with Crippen molar-refractivity contribution in [1.82, 2.24) is 14.4 Å². The first kappa shape index (κ1) is 26.3. The second-order valence-corrected chi connectivity index (χ2v) is 9.84. The number of methoxy groups -OCH3 is 1. The highest BCUT2D eigenvalue weighted by Gasteiger charge is 2.24. The van der Waals surface area contributed by atoms with E-state index in [9.17, 15) is 9.59 Å². The van der Waals surface area contributed by atoms with Gasteiger partial charge in [0, 0.05) is 44.8 Å². The van der Waals surface area contributed by atoms with Crippen molar-refractivity contribution in [2.45, 2.75) is 45.7 Å². The Kier molecular flexibility index (Phi) is 8.93. The molecule has 0 N–H and O–H groups in total. The highest BCUT2D eigenvalue weighted by molar-refractivity contribution is 5.96. The van der Waals surface area contributed by atoms with Crippen molar-refractivity contribution in [2.75, 3.05) is 26.8 Å². The summed E-state index contributed by atoms with van der Waals surface area (Å²) in [5.41, 5.74) is 2.73. The monoisotopic (exact) mass is 479 g/mol. The highest BCUT2D eigenvalue weighted by Crippen LogP contribution is 2.23. The number of benzene rings is 1. The van der Waals surface area contributed by atoms with E-state index in [-0.39, 0.29) is 23.8 Å². The summed E-state index contributed by atoms with van der Waals surface area (Å²) in [7, 11) is 3.58. The summed E-state index contributed by atoms with van der Waals surface area (Å²) in [6.07, 6.45) is 4.20. The van der Waals surface area contributed by atoms with Crippen LogP contribution in [-0.4, -0.2) is 53.0 Å². The van der Waals surface area contributed by atoms with Crippen LogP contribution in [0.1, 0.15) is 54.6 Å². The predicted molar refractivity (Wildman–Crippen MR) is 136 cm³/mol. The van der Waals surface area contributed by atoms with Crippen LogP contribution in [0.5, 0.6) is 0 Å². The largest absolute Gasteiger partial charge is 0.467 e. The lowest BCUT2D eigenvalue weighted by Gasteiger charge is -2.28. The first-order valence-electron chi connectivity index (χ1n) is 12.0. The topological polar surface area (TPSA) is 67.9 Å². The van der Waals surface area contributed by atoms with Crippen molar-refractivity contribution in [3.63, 3.8) is 0 Å². The normalized spacial score (nSPS) is 11.5. The number of carbonyl (C=O) groups is 2. The van der Waals surface area contributed by atoms with Gasteiger partial charge in [-0.05, 0) is 53.8 Å². The third-order valence-electron chi connectivity index (χ3n) is 6.07. The zero-order valence-corrected chi connectivity index (χ0v) is 21.5. The van der Waals surface area contributed by atoms with E-state index in [4.69, 9.17) is 9.15 Å². The first-order chi connectivity index (χ1) is 16.7. The number of amides is 2. The Balaban J connectivity index is 1.80. The smallest absolute Gasteiger partial charge is 0.254 e. The summed E-state index contributed by atoms with van der Waals surface area (Å²) in [6, 6.07) is 15.3. The number of carbonyl (C=O) groups excluding carboxylic acids is 2. The maximum atomic E-state index is 13.5. The fourth-order valence-electron chi connectivity index (χ4n) is 3.89. The number of hydrogen-bond donors (Lipinski definition) is 0. The molecule has 1 aromatic carbocycles. The van der Waals surface area contributed by atoms with Crippen LogP contribution in [0.2, 0.25) is 0 Å². The molecule has 0 atom stereocenters. The third-order valence-corrected chi connectivity index (χ3v) is 6.07. The minimum atomic E-state index is -0.160. The Morgan fingerprint density at radius 3 is 2.31 bits per heavy atom. The van der Waals surface area contributed by atoms with Crippen LogP contribution in [0.4, 0.5) is 0 Å². The molecule has 0 saturated carbocycles. The van der Waals surface area contributed by atoms with Gasteiger partial charge < -0.3 is 23.5 Å². The summed E-state index contributed by atoms with van der Waals surface area (Å²) < 4.78 is 12.7. The van der Waals surface area contributed by atoms with Gasteiger partial charge in [-0.25, -0.2) is 0 Å². The second kappa shape index (κ2) is 11.9. The van der Waals surface area contributed by atoms with Gasteiger partial charge in [-0.15, -0.1) is 0 Å². The minimum absolute atomic E-state index is 0.00100. The van der Waals surface area contributed by atoms with Crippen LogP contribution in [0, 0.1) is 0 Å². The number of ether oxygens (including phenoxy) is 1. The van der Waals surface area contributed by atoms with Crippen molar-refractivity contribution >= 4 is 11.8 Å². The Labute approximate surface area is 208 Å². The molecule has 0 saturated heterocycles. The van der Waals surface area contributed by atoms with E-state index in [1.54, 1.807) is 23.2 Å². The molecule has 3 rings (SSSR count).